The van der Waals surface area contributed by atoms with Crippen LogP contribution in [0.4, 0.5) is 4.39 Å². The summed E-state index contributed by atoms with van der Waals surface area (Å²) in [5.74, 6) is -0.153. The van der Waals surface area contributed by atoms with Crippen LogP contribution in [0.5, 0.6) is 11.5 Å². The Hall–Kier alpha value is -2.70. The third-order valence-electron chi connectivity index (χ3n) is 5.40. The molecular weight excluding hydrogens is 359 g/mol. The zero-order chi connectivity index (χ0) is 19.7. The topological polar surface area (TPSA) is 53.0 Å². The predicted molar refractivity (Wildman–Crippen MR) is 105 cm³/mol. The number of carbonyl (C=O) groups is 1. The number of fused-ring (bicyclic) bond motifs is 1. The molecular formula is C22H23FN2O3. The van der Waals surface area contributed by atoms with Crippen LogP contribution in [0.1, 0.15) is 28.4 Å². The lowest BCUT2D eigenvalue weighted by Gasteiger charge is -2.34. The lowest BCUT2D eigenvalue weighted by molar-refractivity contribution is 0.101. The minimum absolute atomic E-state index is 0.0720. The number of phenols is 1. The van der Waals surface area contributed by atoms with Gasteiger partial charge in [0.1, 0.15) is 17.3 Å². The van der Waals surface area contributed by atoms with E-state index in [0.29, 0.717) is 29.0 Å². The summed E-state index contributed by atoms with van der Waals surface area (Å²) >= 11 is 0. The number of ketones is 1. The van der Waals surface area contributed by atoms with Crippen LogP contribution in [0.3, 0.4) is 0 Å². The van der Waals surface area contributed by atoms with Crippen LogP contribution in [0.25, 0.3) is 6.08 Å². The third kappa shape index (κ3) is 3.53. The Morgan fingerprint density at radius 2 is 1.82 bits per heavy atom. The van der Waals surface area contributed by atoms with Crippen LogP contribution in [0.15, 0.2) is 42.2 Å². The monoisotopic (exact) mass is 382 g/mol. The van der Waals surface area contributed by atoms with E-state index in [2.05, 4.69) is 16.7 Å². The number of piperazine rings is 1. The van der Waals surface area contributed by atoms with Gasteiger partial charge in [-0.05, 0) is 30.8 Å². The van der Waals surface area contributed by atoms with Gasteiger partial charge < -0.3 is 14.7 Å². The van der Waals surface area contributed by atoms with E-state index in [-0.39, 0.29) is 17.3 Å². The molecule has 0 aromatic heterocycles. The summed E-state index contributed by atoms with van der Waals surface area (Å²) in [4.78, 5) is 17.4. The van der Waals surface area contributed by atoms with Gasteiger partial charge in [-0.15, -0.1) is 0 Å². The van der Waals surface area contributed by atoms with Gasteiger partial charge >= 0.3 is 0 Å². The van der Waals surface area contributed by atoms with E-state index in [1.165, 1.54) is 18.2 Å². The van der Waals surface area contributed by atoms with E-state index in [1.54, 1.807) is 24.3 Å². The highest BCUT2D eigenvalue weighted by atomic mass is 19.1. The average molecular weight is 382 g/mol. The van der Waals surface area contributed by atoms with Gasteiger partial charge in [0.05, 0.1) is 11.1 Å². The van der Waals surface area contributed by atoms with E-state index in [1.807, 2.05) is 0 Å². The number of nitrogens with zero attached hydrogens (tertiary/aromatic N) is 2. The number of Topliss-reactive ketones (excluding diaryl/α,β-unsaturated/α-hetero) is 1. The SMILES string of the molecule is CCN1CCN(Cc2c(O)ccc3c2O/C(=C\c2ccccc2F)C3=O)CC1. The molecule has 2 aliphatic rings. The molecule has 0 unspecified atom stereocenters. The molecule has 4 rings (SSSR count). The number of carbonyl (C=O) groups excluding carboxylic acids is 1. The van der Waals surface area contributed by atoms with Crippen molar-refractivity contribution in [1.82, 2.24) is 9.80 Å². The maximum absolute atomic E-state index is 14.0. The second-order valence-electron chi connectivity index (χ2n) is 7.11. The second kappa shape index (κ2) is 7.73. The third-order valence-corrected chi connectivity index (χ3v) is 5.40. The molecule has 146 valence electrons. The summed E-state index contributed by atoms with van der Waals surface area (Å²) in [5, 5.41) is 10.4. The molecule has 5 nitrogen and oxygen atoms in total. The maximum Gasteiger partial charge on any atom is 0.231 e. The van der Waals surface area contributed by atoms with Crippen molar-refractivity contribution in [2.45, 2.75) is 13.5 Å². The van der Waals surface area contributed by atoms with Gasteiger partial charge in [0, 0.05) is 38.3 Å². The molecule has 0 saturated carbocycles. The van der Waals surface area contributed by atoms with E-state index in [0.717, 1.165) is 32.7 Å². The minimum Gasteiger partial charge on any atom is -0.507 e. The molecule has 0 amide bonds. The number of ether oxygens (including phenoxy) is 1. The van der Waals surface area contributed by atoms with Gasteiger partial charge in [-0.1, -0.05) is 25.1 Å². The molecule has 2 aromatic carbocycles. The number of halogens is 1. The second-order valence-corrected chi connectivity index (χ2v) is 7.11. The number of phenolic OH excluding ortho intramolecular Hbond substituents is 1. The Balaban J connectivity index is 1.60. The Morgan fingerprint density at radius 1 is 1.11 bits per heavy atom. The van der Waals surface area contributed by atoms with Crippen LogP contribution in [0.2, 0.25) is 0 Å². The first-order chi connectivity index (χ1) is 13.6. The van der Waals surface area contributed by atoms with Gasteiger partial charge in [0.25, 0.3) is 0 Å². The molecule has 6 heteroatoms. The fourth-order valence-electron chi connectivity index (χ4n) is 3.67. The van der Waals surface area contributed by atoms with Gasteiger partial charge in [-0.3, -0.25) is 9.69 Å². The normalized spacial score (nSPS) is 19.1. The Bertz CT molecular complexity index is 933. The zero-order valence-electron chi connectivity index (χ0n) is 15.8. The van der Waals surface area contributed by atoms with Crippen molar-refractivity contribution in [2.24, 2.45) is 0 Å². The van der Waals surface area contributed by atoms with Crippen LogP contribution in [-0.4, -0.2) is 53.4 Å². The highest BCUT2D eigenvalue weighted by molar-refractivity contribution is 6.15. The molecule has 2 aromatic rings. The number of rotatable bonds is 4. The largest absolute Gasteiger partial charge is 0.507 e. The van der Waals surface area contributed by atoms with E-state index in [4.69, 9.17) is 4.74 Å². The number of likely N-dealkylation sites (N-methyl/N-ethyl adjacent to an activating group) is 1. The number of hydrogen-bond donors (Lipinski definition) is 1. The van der Waals surface area contributed by atoms with E-state index in [9.17, 15) is 14.3 Å². The summed E-state index contributed by atoms with van der Waals surface area (Å²) in [6.45, 7) is 7.42. The van der Waals surface area contributed by atoms with Crippen molar-refractivity contribution in [3.05, 3.63) is 64.7 Å². The number of hydrogen-bond acceptors (Lipinski definition) is 5. The number of allylic oxidation sites excluding steroid dienone is 1. The molecule has 1 fully saturated rings. The first-order valence-electron chi connectivity index (χ1n) is 9.55. The summed E-state index contributed by atoms with van der Waals surface area (Å²) in [6.07, 6.45) is 1.42. The van der Waals surface area contributed by atoms with E-state index < -0.39 is 5.82 Å². The fourth-order valence-corrected chi connectivity index (χ4v) is 3.67. The van der Waals surface area contributed by atoms with Gasteiger partial charge in [0.2, 0.25) is 5.78 Å². The molecule has 0 bridgehead atoms. The highest BCUT2D eigenvalue weighted by Gasteiger charge is 2.32. The lowest BCUT2D eigenvalue weighted by Crippen LogP contribution is -2.45. The Kier molecular flexibility index (Phi) is 5.15. The summed E-state index contributed by atoms with van der Waals surface area (Å²) < 4.78 is 19.8. The minimum atomic E-state index is -0.417. The van der Waals surface area contributed by atoms with Crippen molar-refractivity contribution in [1.29, 1.82) is 0 Å². The molecule has 28 heavy (non-hydrogen) atoms. The smallest absolute Gasteiger partial charge is 0.231 e. The first kappa shape index (κ1) is 18.7. The van der Waals surface area contributed by atoms with Crippen LogP contribution >= 0.6 is 0 Å². The summed E-state index contributed by atoms with van der Waals surface area (Å²) in [6, 6.07) is 9.32. The van der Waals surface area contributed by atoms with Crippen LogP contribution in [-0.2, 0) is 6.54 Å². The van der Waals surface area contributed by atoms with Crippen molar-refractivity contribution >= 4 is 11.9 Å². The number of aromatic hydroxyl groups is 1. The van der Waals surface area contributed by atoms with Gasteiger partial charge in [0.15, 0.2) is 5.76 Å². The molecule has 2 aliphatic heterocycles. The summed E-state index contributed by atoms with van der Waals surface area (Å²) in [7, 11) is 0. The highest BCUT2D eigenvalue weighted by Crippen LogP contribution is 2.40. The predicted octanol–water partition coefficient (Wildman–Crippen LogP) is 3.29. The number of benzene rings is 2. The molecule has 2 heterocycles. The molecule has 1 saturated heterocycles. The lowest BCUT2D eigenvalue weighted by atomic mass is 10.0. The molecule has 0 atom stereocenters. The van der Waals surface area contributed by atoms with Crippen LogP contribution in [0, 0.1) is 5.82 Å². The standard InChI is InChI=1S/C22H23FN2O3/c1-2-24-9-11-25(12-10-24)14-17-19(26)8-7-16-21(27)20(28-22(16)17)13-15-5-3-4-6-18(15)23/h3-8,13,26H,2,9-12,14H2,1H3/b20-13-. The Morgan fingerprint density at radius 3 is 2.54 bits per heavy atom. The average Bonchev–Trinajstić information content (AvgIpc) is 3.02. The quantitative estimate of drug-likeness (QED) is 0.823. The Labute approximate surface area is 163 Å². The molecule has 1 N–H and O–H groups in total. The van der Waals surface area contributed by atoms with Gasteiger partial charge in [-0.25, -0.2) is 4.39 Å². The van der Waals surface area contributed by atoms with Crippen molar-refractivity contribution in [3.8, 4) is 11.5 Å². The van der Waals surface area contributed by atoms with E-state index >= 15 is 0 Å². The van der Waals surface area contributed by atoms with Gasteiger partial charge in [-0.2, -0.15) is 0 Å². The summed E-state index contributed by atoms with van der Waals surface area (Å²) in [5.41, 5.74) is 1.30. The molecule has 0 aliphatic carbocycles. The van der Waals surface area contributed by atoms with Crippen molar-refractivity contribution in [3.63, 3.8) is 0 Å². The van der Waals surface area contributed by atoms with Crippen molar-refractivity contribution in [2.75, 3.05) is 32.7 Å². The zero-order valence-corrected chi connectivity index (χ0v) is 15.8. The molecule has 0 spiro atoms. The fraction of sp³-hybridized carbons (Fsp3) is 0.318. The molecule has 0 radical (unpaired) electrons. The maximum atomic E-state index is 14.0. The van der Waals surface area contributed by atoms with Crippen molar-refractivity contribution < 1.29 is 19.0 Å². The van der Waals surface area contributed by atoms with Crippen LogP contribution < -0.4 is 4.74 Å². The first-order valence-corrected chi connectivity index (χ1v) is 9.55.